The number of aromatic nitrogens is 4. The number of rotatable bonds is 5. The van der Waals surface area contributed by atoms with Gasteiger partial charge in [-0.1, -0.05) is 0 Å². The van der Waals surface area contributed by atoms with Crippen LogP contribution in [0.2, 0.25) is 0 Å². The van der Waals surface area contributed by atoms with E-state index >= 15 is 0 Å². The molecule has 3 heterocycles. The van der Waals surface area contributed by atoms with Crippen LogP contribution in [0.5, 0.6) is 0 Å². The first kappa shape index (κ1) is 15.7. The van der Waals surface area contributed by atoms with Crippen molar-refractivity contribution in [1.82, 2.24) is 24.9 Å². The van der Waals surface area contributed by atoms with Gasteiger partial charge in [-0.25, -0.2) is 0 Å². The molecule has 1 amide bonds. The maximum absolute atomic E-state index is 12.6. The minimum atomic E-state index is -0.203. The van der Waals surface area contributed by atoms with Gasteiger partial charge in [0.15, 0.2) is 0 Å². The molecule has 0 unspecified atom stereocenters. The van der Waals surface area contributed by atoms with E-state index in [1.807, 2.05) is 38.0 Å². The minimum absolute atomic E-state index is 0.0278. The first-order valence-corrected chi connectivity index (χ1v) is 7.99. The minimum Gasteiger partial charge on any atom is -0.373 e. The Balaban J connectivity index is 1.65. The SMILES string of the molecule is CCn1cc([C@H]2OCC[C@@H]2C(=O)NCc2cn(C)nc2C)cn1. The molecular formula is C16H23N5O2. The predicted molar refractivity (Wildman–Crippen MR) is 84.5 cm³/mol. The highest BCUT2D eigenvalue weighted by atomic mass is 16.5. The number of nitrogens with zero attached hydrogens (tertiary/aromatic N) is 4. The molecular weight excluding hydrogens is 294 g/mol. The molecule has 0 radical (unpaired) electrons. The van der Waals surface area contributed by atoms with Crippen molar-refractivity contribution in [3.63, 3.8) is 0 Å². The van der Waals surface area contributed by atoms with E-state index in [9.17, 15) is 4.79 Å². The van der Waals surface area contributed by atoms with Crippen molar-refractivity contribution < 1.29 is 9.53 Å². The lowest BCUT2D eigenvalue weighted by molar-refractivity contribution is -0.126. The third-order valence-electron chi connectivity index (χ3n) is 4.30. The van der Waals surface area contributed by atoms with Gasteiger partial charge in [0, 0.05) is 50.3 Å². The Labute approximate surface area is 135 Å². The van der Waals surface area contributed by atoms with Crippen LogP contribution in [0.3, 0.4) is 0 Å². The molecule has 124 valence electrons. The van der Waals surface area contributed by atoms with E-state index in [1.54, 1.807) is 10.9 Å². The van der Waals surface area contributed by atoms with Gasteiger partial charge in [-0.2, -0.15) is 10.2 Å². The summed E-state index contributed by atoms with van der Waals surface area (Å²) in [4.78, 5) is 12.6. The van der Waals surface area contributed by atoms with Gasteiger partial charge in [-0.05, 0) is 20.3 Å². The van der Waals surface area contributed by atoms with Crippen LogP contribution in [0.1, 0.15) is 36.3 Å². The number of amides is 1. The van der Waals surface area contributed by atoms with Gasteiger partial charge in [0.1, 0.15) is 0 Å². The predicted octanol–water partition coefficient (Wildman–Crippen LogP) is 1.34. The molecule has 0 aromatic carbocycles. The monoisotopic (exact) mass is 317 g/mol. The van der Waals surface area contributed by atoms with Gasteiger partial charge in [-0.3, -0.25) is 14.2 Å². The molecule has 1 N–H and O–H groups in total. The maximum atomic E-state index is 12.6. The van der Waals surface area contributed by atoms with Crippen molar-refractivity contribution in [1.29, 1.82) is 0 Å². The number of hydrogen-bond donors (Lipinski definition) is 1. The van der Waals surface area contributed by atoms with Crippen molar-refractivity contribution in [3.05, 3.63) is 35.4 Å². The Bertz CT molecular complexity index is 690. The molecule has 0 spiro atoms. The zero-order valence-corrected chi connectivity index (χ0v) is 13.8. The van der Waals surface area contributed by atoms with Gasteiger partial charge in [-0.15, -0.1) is 0 Å². The summed E-state index contributed by atoms with van der Waals surface area (Å²) in [5.41, 5.74) is 2.95. The maximum Gasteiger partial charge on any atom is 0.226 e. The van der Waals surface area contributed by atoms with Crippen molar-refractivity contribution in [2.24, 2.45) is 13.0 Å². The Morgan fingerprint density at radius 1 is 1.48 bits per heavy atom. The third-order valence-corrected chi connectivity index (χ3v) is 4.30. The Morgan fingerprint density at radius 3 is 2.96 bits per heavy atom. The number of carbonyl (C=O) groups is 1. The summed E-state index contributed by atoms with van der Waals surface area (Å²) >= 11 is 0. The van der Waals surface area contributed by atoms with E-state index in [4.69, 9.17) is 4.74 Å². The van der Waals surface area contributed by atoms with Crippen molar-refractivity contribution in [2.75, 3.05) is 6.61 Å². The molecule has 1 saturated heterocycles. The highest BCUT2D eigenvalue weighted by Crippen LogP contribution is 2.34. The quantitative estimate of drug-likeness (QED) is 0.903. The molecule has 0 saturated carbocycles. The summed E-state index contributed by atoms with van der Waals surface area (Å²) in [7, 11) is 1.88. The molecule has 1 aliphatic rings. The van der Waals surface area contributed by atoms with E-state index in [0.717, 1.165) is 29.8 Å². The Kier molecular flexibility index (Phi) is 4.47. The molecule has 7 nitrogen and oxygen atoms in total. The van der Waals surface area contributed by atoms with Crippen LogP contribution in [0.25, 0.3) is 0 Å². The van der Waals surface area contributed by atoms with Gasteiger partial charge < -0.3 is 10.1 Å². The first-order chi connectivity index (χ1) is 11.1. The zero-order chi connectivity index (χ0) is 16.4. The van der Waals surface area contributed by atoms with E-state index in [0.29, 0.717) is 13.2 Å². The number of carbonyl (C=O) groups excluding carboxylic acids is 1. The second kappa shape index (κ2) is 6.54. The van der Waals surface area contributed by atoms with E-state index < -0.39 is 0 Å². The van der Waals surface area contributed by atoms with E-state index in [-0.39, 0.29) is 17.9 Å². The fourth-order valence-electron chi connectivity index (χ4n) is 3.02. The smallest absolute Gasteiger partial charge is 0.226 e. The molecule has 1 aliphatic heterocycles. The van der Waals surface area contributed by atoms with Crippen LogP contribution in [-0.2, 0) is 29.7 Å². The van der Waals surface area contributed by atoms with Crippen LogP contribution in [-0.4, -0.2) is 32.1 Å². The average Bonchev–Trinajstić information content (AvgIpc) is 3.23. The summed E-state index contributed by atoms with van der Waals surface area (Å²) in [5, 5.41) is 11.6. The average molecular weight is 317 g/mol. The molecule has 2 aromatic rings. The molecule has 0 aliphatic carbocycles. The fraction of sp³-hybridized carbons (Fsp3) is 0.562. The second-order valence-electron chi connectivity index (χ2n) is 5.95. The molecule has 1 fully saturated rings. The highest BCUT2D eigenvalue weighted by Gasteiger charge is 2.35. The summed E-state index contributed by atoms with van der Waals surface area (Å²) in [6.07, 6.45) is 6.22. The lowest BCUT2D eigenvalue weighted by Crippen LogP contribution is -2.32. The molecule has 23 heavy (non-hydrogen) atoms. The van der Waals surface area contributed by atoms with Crippen LogP contribution in [0, 0.1) is 12.8 Å². The fourth-order valence-corrected chi connectivity index (χ4v) is 3.02. The zero-order valence-electron chi connectivity index (χ0n) is 13.8. The van der Waals surface area contributed by atoms with Crippen molar-refractivity contribution in [3.8, 4) is 0 Å². The van der Waals surface area contributed by atoms with Crippen LogP contribution in [0.15, 0.2) is 18.6 Å². The number of aryl methyl sites for hydroxylation is 3. The highest BCUT2D eigenvalue weighted by molar-refractivity contribution is 5.79. The largest absolute Gasteiger partial charge is 0.373 e. The third kappa shape index (κ3) is 3.29. The number of ether oxygens (including phenoxy) is 1. The lowest BCUT2D eigenvalue weighted by atomic mass is 9.96. The Hall–Kier alpha value is -2.15. The van der Waals surface area contributed by atoms with Gasteiger partial charge in [0.05, 0.1) is 23.9 Å². The van der Waals surface area contributed by atoms with Crippen LogP contribution in [0.4, 0.5) is 0 Å². The number of hydrogen-bond acceptors (Lipinski definition) is 4. The number of nitrogens with one attached hydrogen (secondary N) is 1. The van der Waals surface area contributed by atoms with E-state index in [2.05, 4.69) is 15.5 Å². The molecule has 7 heteroatoms. The van der Waals surface area contributed by atoms with Gasteiger partial charge >= 0.3 is 0 Å². The summed E-state index contributed by atoms with van der Waals surface area (Å²) in [5.74, 6) is -0.138. The van der Waals surface area contributed by atoms with Crippen LogP contribution < -0.4 is 5.32 Å². The molecule has 2 atom stereocenters. The Morgan fingerprint density at radius 2 is 2.30 bits per heavy atom. The van der Waals surface area contributed by atoms with Crippen LogP contribution >= 0.6 is 0 Å². The van der Waals surface area contributed by atoms with E-state index in [1.165, 1.54) is 0 Å². The van der Waals surface area contributed by atoms with Crippen molar-refractivity contribution >= 4 is 5.91 Å². The summed E-state index contributed by atoms with van der Waals surface area (Å²) < 4.78 is 9.39. The second-order valence-corrected chi connectivity index (χ2v) is 5.95. The lowest BCUT2D eigenvalue weighted by Gasteiger charge is -2.16. The standard InChI is InChI=1S/C16H23N5O2/c1-4-21-10-13(8-18-21)15-14(5-6-23-15)16(22)17-7-12-9-20(3)19-11(12)2/h8-10,14-15H,4-7H2,1-3H3,(H,17,22)/t14-,15+/m0/s1. The first-order valence-electron chi connectivity index (χ1n) is 7.99. The molecule has 3 rings (SSSR count). The van der Waals surface area contributed by atoms with Crippen molar-refractivity contribution in [2.45, 2.75) is 39.5 Å². The van der Waals surface area contributed by atoms with Gasteiger partial charge in [0.2, 0.25) is 5.91 Å². The molecule has 0 bridgehead atoms. The summed E-state index contributed by atoms with van der Waals surface area (Å²) in [6, 6.07) is 0. The topological polar surface area (TPSA) is 74.0 Å². The normalized spacial score (nSPS) is 20.8. The summed E-state index contributed by atoms with van der Waals surface area (Å²) in [6.45, 7) is 5.89. The van der Waals surface area contributed by atoms with Gasteiger partial charge in [0.25, 0.3) is 0 Å². The molecule has 2 aromatic heterocycles.